The zero-order valence-corrected chi connectivity index (χ0v) is 17.1. The van der Waals surface area contributed by atoms with Crippen molar-refractivity contribution in [1.29, 1.82) is 0 Å². The van der Waals surface area contributed by atoms with Crippen molar-refractivity contribution < 1.29 is 66.8 Å². The zero-order chi connectivity index (χ0) is 18.4. The van der Waals surface area contributed by atoms with E-state index < -0.39 is 37.9 Å². The Morgan fingerprint density at radius 1 is 1.62 bits per heavy atom. The Hall–Kier alpha value is -1.63. The van der Waals surface area contributed by atoms with Crippen LogP contribution in [0.1, 0.15) is 19.1 Å². The van der Waals surface area contributed by atoms with Crippen LogP contribution in [-0.4, -0.2) is 59.8 Å². The van der Waals surface area contributed by atoms with Crippen molar-refractivity contribution in [3.8, 4) is 5.88 Å². The van der Waals surface area contributed by atoms with Crippen LogP contribution >= 0.6 is 0 Å². The molecule has 2 fully saturated rings. The first-order valence-electron chi connectivity index (χ1n) is 7.14. The van der Waals surface area contributed by atoms with E-state index in [0.29, 0.717) is 0 Å². The molecule has 0 saturated carbocycles. The van der Waals surface area contributed by atoms with E-state index in [4.69, 9.17) is 14.1 Å². The van der Waals surface area contributed by atoms with Gasteiger partial charge in [0.1, 0.15) is 10.1 Å². The molecule has 2 aliphatic rings. The molecule has 13 heteroatoms. The zero-order valence-electron chi connectivity index (χ0n) is 14.2. The number of ether oxygens (including phenoxy) is 1. The number of carboxylic acid groups (broad SMARTS) is 1. The Bertz CT molecular complexity index is 853. The van der Waals surface area contributed by atoms with E-state index >= 15 is 0 Å². The number of carboxylic acids is 1. The first-order chi connectivity index (χ1) is 11.7. The number of fused-ring (bicyclic) bond motifs is 1. The largest absolute Gasteiger partial charge is 1.00 e. The van der Waals surface area contributed by atoms with Crippen LogP contribution in [0.2, 0.25) is 0 Å². The third kappa shape index (κ3) is 3.00. The van der Waals surface area contributed by atoms with Gasteiger partial charge in [0.05, 0.1) is 31.8 Å². The first kappa shape index (κ1) is 20.7. The average molecular weight is 395 g/mol. The minimum Gasteiger partial charge on any atom is -0.548 e. The van der Waals surface area contributed by atoms with Gasteiger partial charge >= 0.3 is 29.6 Å². The van der Waals surface area contributed by atoms with E-state index in [1.54, 1.807) is 0 Å². The summed E-state index contributed by atoms with van der Waals surface area (Å²) < 4.78 is 32.9. The Morgan fingerprint density at radius 3 is 2.85 bits per heavy atom. The van der Waals surface area contributed by atoms with Crippen LogP contribution in [0.3, 0.4) is 0 Å². The van der Waals surface area contributed by atoms with Gasteiger partial charge < -0.3 is 28.9 Å². The summed E-state index contributed by atoms with van der Waals surface area (Å²) in [5, 5.41) is 17.3. The molecule has 0 radical (unpaired) electrons. The van der Waals surface area contributed by atoms with Crippen LogP contribution in [0, 0.1) is 0 Å². The summed E-state index contributed by atoms with van der Waals surface area (Å²) in [4.78, 5) is 28.8. The molecular formula is C13H14N3NaO8S. The number of β-lactam (4-membered cyclic amide) rings is 1. The summed E-state index contributed by atoms with van der Waals surface area (Å²) in [6.07, 6.45) is 0.607. The van der Waals surface area contributed by atoms with Gasteiger partial charge in [-0.2, -0.15) is 0 Å². The van der Waals surface area contributed by atoms with Crippen molar-refractivity contribution in [1.82, 2.24) is 10.1 Å². The van der Waals surface area contributed by atoms with E-state index in [2.05, 4.69) is 10.3 Å². The molecular weight excluding hydrogens is 381 g/mol. The fourth-order valence-electron chi connectivity index (χ4n) is 2.89. The second-order valence-corrected chi connectivity index (χ2v) is 8.27. The molecule has 26 heavy (non-hydrogen) atoms. The van der Waals surface area contributed by atoms with Gasteiger partial charge in [0, 0.05) is 6.07 Å². The maximum absolute atomic E-state index is 12.6. The van der Waals surface area contributed by atoms with Crippen molar-refractivity contribution in [3.63, 3.8) is 0 Å². The summed E-state index contributed by atoms with van der Waals surface area (Å²) in [5.41, 5.74) is 0. The summed E-state index contributed by atoms with van der Waals surface area (Å²) in [6, 6.07) is -0.223. The molecule has 1 amide bonds. The number of carbonyl (C=O) groups is 2. The van der Waals surface area contributed by atoms with Crippen LogP contribution in [0.25, 0.3) is 0 Å². The van der Waals surface area contributed by atoms with Gasteiger partial charge in [-0.1, -0.05) is 5.16 Å². The number of aliphatic carboxylic acids is 1. The maximum Gasteiger partial charge on any atom is 1.00 e. The van der Waals surface area contributed by atoms with Crippen molar-refractivity contribution in [2.45, 2.75) is 36.1 Å². The minimum atomic E-state index is -4.00. The van der Waals surface area contributed by atoms with E-state index in [0.717, 1.165) is 11.1 Å². The fraction of sp³-hybridized carbons (Fsp3) is 0.538. The van der Waals surface area contributed by atoms with Crippen molar-refractivity contribution in [2.24, 2.45) is 5.16 Å². The molecule has 1 aromatic heterocycles. The van der Waals surface area contributed by atoms with E-state index in [-0.39, 0.29) is 54.2 Å². The van der Waals surface area contributed by atoms with Crippen LogP contribution in [0.4, 0.5) is 0 Å². The molecule has 3 atom stereocenters. The number of hydrogen-bond acceptors (Lipinski definition) is 10. The van der Waals surface area contributed by atoms with E-state index in [1.807, 2.05) is 0 Å². The van der Waals surface area contributed by atoms with E-state index in [1.165, 1.54) is 20.1 Å². The number of sulfone groups is 1. The second-order valence-electron chi connectivity index (χ2n) is 5.75. The van der Waals surface area contributed by atoms with Gasteiger partial charge in [-0.05, 0) is 12.1 Å². The molecule has 11 nitrogen and oxygen atoms in total. The van der Waals surface area contributed by atoms with Crippen LogP contribution < -0.4 is 39.4 Å². The van der Waals surface area contributed by atoms with Gasteiger partial charge in [0.15, 0.2) is 22.2 Å². The SMILES string of the molecule is COc1cc(CO/N=C/[C@@]2(C)[C@H](C(=O)[O-])N3C(=O)C[C@H]3S2(=O)=O)on1.[Na+]. The Kier molecular flexibility index (Phi) is 5.71. The predicted molar refractivity (Wildman–Crippen MR) is 77.7 cm³/mol. The number of methoxy groups -OCH3 is 1. The third-order valence-electron chi connectivity index (χ3n) is 4.30. The number of hydrogen-bond donors (Lipinski definition) is 0. The van der Waals surface area contributed by atoms with Crippen LogP contribution in [0.15, 0.2) is 15.7 Å². The summed E-state index contributed by atoms with van der Waals surface area (Å²) >= 11 is 0. The average Bonchev–Trinajstić information content (AvgIpc) is 3.05. The van der Waals surface area contributed by atoms with Crippen molar-refractivity contribution in [3.05, 3.63) is 11.8 Å². The molecule has 3 heterocycles. The van der Waals surface area contributed by atoms with Crippen molar-refractivity contribution >= 4 is 27.9 Å². The molecule has 0 N–H and O–H groups in total. The monoisotopic (exact) mass is 395 g/mol. The van der Waals surface area contributed by atoms with Gasteiger partial charge in [0.2, 0.25) is 5.91 Å². The molecule has 2 aliphatic heterocycles. The molecule has 136 valence electrons. The van der Waals surface area contributed by atoms with Crippen molar-refractivity contribution in [2.75, 3.05) is 7.11 Å². The number of oxime groups is 1. The standard InChI is InChI=1S/C13H15N3O8S.Na/c1-13(6-14-23-5-7-3-8(22-2)15-24-7)11(12(18)19)16-9(17)4-10(16)25(13,20)21;/h3,6,10-11H,4-5H2,1-2H3,(H,18,19);/q;+1/p-1/b14-6+;/t10-,11+,13+;/m1./s1. The topological polar surface area (TPSA) is 151 Å². The predicted octanol–water partition coefficient (Wildman–Crippen LogP) is -4.95. The second kappa shape index (κ2) is 7.18. The quantitative estimate of drug-likeness (QED) is 0.200. The first-order valence-corrected chi connectivity index (χ1v) is 8.68. The summed E-state index contributed by atoms with van der Waals surface area (Å²) in [6.45, 7) is 0.990. The number of carbonyl (C=O) groups excluding carboxylic acids is 2. The van der Waals surface area contributed by atoms with Gasteiger partial charge in [-0.15, -0.1) is 0 Å². The molecule has 3 rings (SSSR count). The summed E-state index contributed by atoms with van der Waals surface area (Å²) in [5.74, 6) is -1.74. The molecule has 0 aromatic carbocycles. The normalized spacial score (nSPS) is 29.0. The fourth-order valence-corrected chi connectivity index (χ4v) is 5.09. The number of nitrogens with zero attached hydrogens (tertiary/aromatic N) is 3. The number of rotatable bonds is 6. The van der Waals surface area contributed by atoms with Gasteiger partial charge in [-0.25, -0.2) is 8.42 Å². The molecule has 0 bridgehead atoms. The molecule has 2 saturated heterocycles. The minimum absolute atomic E-state index is 0. The van der Waals surface area contributed by atoms with Gasteiger partial charge in [-0.3, -0.25) is 4.79 Å². The summed E-state index contributed by atoms with van der Waals surface area (Å²) in [7, 11) is -2.60. The Morgan fingerprint density at radius 2 is 2.31 bits per heavy atom. The maximum atomic E-state index is 12.6. The Labute approximate surface area is 170 Å². The van der Waals surface area contributed by atoms with Crippen LogP contribution in [-0.2, 0) is 30.9 Å². The van der Waals surface area contributed by atoms with E-state index in [9.17, 15) is 23.1 Å². The Balaban J connectivity index is 0.00000243. The van der Waals surface area contributed by atoms with Crippen LogP contribution in [0.5, 0.6) is 5.88 Å². The smallest absolute Gasteiger partial charge is 0.548 e. The molecule has 0 spiro atoms. The molecule has 1 aromatic rings. The number of aromatic nitrogens is 1. The molecule has 0 unspecified atom stereocenters. The molecule has 0 aliphatic carbocycles. The van der Waals surface area contributed by atoms with Gasteiger partial charge in [0.25, 0.3) is 5.88 Å². The third-order valence-corrected chi connectivity index (χ3v) is 6.96. The number of amides is 1.